The Bertz CT molecular complexity index is 706. The quantitative estimate of drug-likeness (QED) is 0.752. The Morgan fingerprint density at radius 2 is 1.78 bits per heavy atom. The van der Waals surface area contributed by atoms with Gasteiger partial charge in [0.2, 0.25) is 0 Å². The fourth-order valence-corrected chi connectivity index (χ4v) is 4.13. The minimum absolute atomic E-state index is 0.0398. The van der Waals surface area contributed by atoms with E-state index in [-0.39, 0.29) is 23.3 Å². The second-order valence-electron chi connectivity index (χ2n) is 4.98. The van der Waals surface area contributed by atoms with E-state index in [4.69, 9.17) is 5.11 Å². The SMILES string of the molecule is OCCCN1c2ccccc2Sc2ccc(SC(F)(F)F)cc21. The van der Waals surface area contributed by atoms with Gasteiger partial charge in [0.05, 0.1) is 11.4 Å². The predicted octanol–water partition coefficient (Wildman–Crippen LogP) is 5.28. The van der Waals surface area contributed by atoms with Crippen molar-refractivity contribution < 1.29 is 18.3 Å². The first kappa shape index (κ1) is 16.5. The number of benzene rings is 2. The molecule has 122 valence electrons. The molecular weight excluding hydrogens is 343 g/mol. The van der Waals surface area contributed by atoms with E-state index in [1.54, 1.807) is 23.9 Å². The van der Waals surface area contributed by atoms with Crippen LogP contribution in [0.1, 0.15) is 6.42 Å². The van der Waals surface area contributed by atoms with E-state index in [1.807, 2.05) is 29.2 Å². The molecule has 0 unspecified atom stereocenters. The van der Waals surface area contributed by atoms with Gasteiger partial charge in [0.1, 0.15) is 0 Å². The van der Waals surface area contributed by atoms with Gasteiger partial charge in [-0.2, -0.15) is 13.2 Å². The summed E-state index contributed by atoms with van der Waals surface area (Å²) in [5.41, 5.74) is -2.58. The summed E-state index contributed by atoms with van der Waals surface area (Å²) in [5.74, 6) is 0. The summed E-state index contributed by atoms with van der Waals surface area (Å²) in [6.07, 6.45) is 0.551. The summed E-state index contributed by atoms with van der Waals surface area (Å²) >= 11 is 1.45. The van der Waals surface area contributed by atoms with Crippen LogP contribution in [0.25, 0.3) is 0 Å². The molecule has 0 saturated carbocycles. The van der Waals surface area contributed by atoms with E-state index < -0.39 is 5.51 Å². The van der Waals surface area contributed by atoms with Crippen LogP contribution in [0.3, 0.4) is 0 Å². The van der Waals surface area contributed by atoms with Crippen molar-refractivity contribution in [2.45, 2.75) is 26.6 Å². The van der Waals surface area contributed by atoms with Gasteiger partial charge in [-0.1, -0.05) is 23.9 Å². The predicted molar refractivity (Wildman–Crippen MR) is 87.6 cm³/mol. The zero-order valence-corrected chi connectivity index (χ0v) is 13.6. The Kier molecular flexibility index (Phi) is 4.79. The van der Waals surface area contributed by atoms with Gasteiger partial charge >= 0.3 is 5.51 Å². The molecule has 2 aromatic carbocycles. The molecule has 1 N–H and O–H groups in total. The molecule has 2 aromatic rings. The highest BCUT2D eigenvalue weighted by molar-refractivity contribution is 8.00. The molecule has 23 heavy (non-hydrogen) atoms. The molecule has 3 rings (SSSR count). The number of aliphatic hydroxyl groups is 1. The molecule has 0 radical (unpaired) electrons. The zero-order chi connectivity index (χ0) is 16.4. The maximum Gasteiger partial charge on any atom is 0.446 e. The molecule has 1 heterocycles. The largest absolute Gasteiger partial charge is 0.446 e. The average Bonchev–Trinajstić information content (AvgIpc) is 2.50. The highest BCUT2D eigenvalue weighted by Crippen LogP contribution is 2.50. The first-order valence-electron chi connectivity index (χ1n) is 7.03. The van der Waals surface area contributed by atoms with Crippen molar-refractivity contribution in [3.63, 3.8) is 0 Å². The third-order valence-electron chi connectivity index (χ3n) is 3.37. The van der Waals surface area contributed by atoms with Crippen molar-refractivity contribution in [1.82, 2.24) is 0 Å². The van der Waals surface area contributed by atoms with E-state index in [2.05, 4.69) is 0 Å². The summed E-state index contributed by atoms with van der Waals surface area (Å²) in [7, 11) is 0. The van der Waals surface area contributed by atoms with Gasteiger partial charge < -0.3 is 10.0 Å². The van der Waals surface area contributed by atoms with Crippen LogP contribution in [-0.2, 0) is 0 Å². The molecule has 1 aliphatic heterocycles. The van der Waals surface area contributed by atoms with Gasteiger partial charge in [-0.25, -0.2) is 0 Å². The van der Waals surface area contributed by atoms with Crippen LogP contribution >= 0.6 is 23.5 Å². The Hall–Kier alpha value is -1.31. The number of nitrogens with zero attached hydrogens (tertiary/aromatic N) is 1. The van der Waals surface area contributed by atoms with Crippen LogP contribution in [0.5, 0.6) is 0 Å². The molecule has 0 bridgehead atoms. The minimum Gasteiger partial charge on any atom is -0.396 e. The first-order chi connectivity index (χ1) is 11.0. The maximum absolute atomic E-state index is 12.6. The summed E-state index contributed by atoms with van der Waals surface area (Å²) in [5, 5.41) is 9.12. The Balaban J connectivity index is 2.00. The molecule has 0 aromatic heterocycles. The van der Waals surface area contributed by atoms with Gasteiger partial charge in [0, 0.05) is 27.8 Å². The number of hydrogen-bond acceptors (Lipinski definition) is 4. The number of rotatable bonds is 4. The Morgan fingerprint density at radius 1 is 1.04 bits per heavy atom. The Morgan fingerprint density at radius 3 is 2.52 bits per heavy atom. The lowest BCUT2D eigenvalue weighted by Crippen LogP contribution is -2.22. The summed E-state index contributed by atoms with van der Waals surface area (Å²) < 4.78 is 37.9. The lowest BCUT2D eigenvalue weighted by Gasteiger charge is -2.33. The van der Waals surface area contributed by atoms with Gasteiger partial charge in [0.25, 0.3) is 0 Å². The van der Waals surface area contributed by atoms with E-state index in [1.165, 1.54) is 6.07 Å². The van der Waals surface area contributed by atoms with Crippen LogP contribution < -0.4 is 4.90 Å². The van der Waals surface area contributed by atoms with Gasteiger partial charge in [-0.05, 0) is 48.5 Å². The third kappa shape index (κ3) is 3.79. The van der Waals surface area contributed by atoms with Crippen molar-refractivity contribution in [2.24, 2.45) is 0 Å². The lowest BCUT2D eigenvalue weighted by molar-refractivity contribution is -0.0328. The van der Waals surface area contributed by atoms with Crippen molar-refractivity contribution in [3.8, 4) is 0 Å². The van der Waals surface area contributed by atoms with Crippen molar-refractivity contribution >= 4 is 34.9 Å². The van der Waals surface area contributed by atoms with Gasteiger partial charge in [-0.15, -0.1) is 0 Å². The van der Waals surface area contributed by atoms with E-state index >= 15 is 0 Å². The van der Waals surface area contributed by atoms with Crippen molar-refractivity contribution in [3.05, 3.63) is 42.5 Å². The average molecular weight is 357 g/mol. The first-order valence-corrected chi connectivity index (χ1v) is 8.66. The number of halogens is 3. The molecule has 0 spiro atoms. The molecule has 1 aliphatic rings. The van der Waals surface area contributed by atoms with Crippen LogP contribution in [0.15, 0.2) is 57.2 Å². The second-order valence-corrected chi connectivity index (χ2v) is 7.20. The topological polar surface area (TPSA) is 23.5 Å². The molecule has 0 aliphatic carbocycles. The fraction of sp³-hybridized carbons (Fsp3) is 0.250. The number of alkyl halides is 3. The number of thioether (sulfide) groups is 1. The zero-order valence-electron chi connectivity index (χ0n) is 12.0. The highest BCUT2D eigenvalue weighted by Gasteiger charge is 2.30. The van der Waals surface area contributed by atoms with Crippen LogP contribution in [0, 0.1) is 0 Å². The molecule has 0 saturated heterocycles. The second kappa shape index (κ2) is 6.67. The third-order valence-corrected chi connectivity index (χ3v) is 5.22. The highest BCUT2D eigenvalue weighted by atomic mass is 32.2. The standard InChI is InChI=1S/C16H14F3NOS2/c17-16(18,19)23-11-6-7-15-13(10-11)20(8-3-9-21)12-4-1-2-5-14(12)22-15/h1-2,4-7,10,21H,3,8-9H2. The number of hydrogen-bond donors (Lipinski definition) is 1. The summed E-state index contributed by atoms with van der Waals surface area (Å²) in [6.45, 7) is 0.597. The molecule has 0 atom stereocenters. The monoisotopic (exact) mass is 357 g/mol. The summed E-state index contributed by atoms with van der Waals surface area (Å²) in [4.78, 5) is 4.14. The van der Waals surface area contributed by atoms with Crippen LogP contribution in [-0.4, -0.2) is 23.8 Å². The van der Waals surface area contributed by atoms with Gasteiger partial charge in [-0.3, -0.25) is 0 Å². The smallest absolute Gasteiger partial charge is 0.396 e. The molecule has 0 amide bonds. The van der Waals surface area contributed by atoms with Crippen LogP contribution in [0.4, 0.5) is 24.5 Å². The summed E-state index contributed by atoms with van der Waals surface area (Å²) in [6, 6.07) is 12.6. The molecular formula is C16H14F3NOS2. The van der Waals surface area contributed by atoms with E-state index in [0.29, 0.717) is 13.0 Å². The molecule has 7 heteroatoms. The number of anilines is 2. The molecule has 2 nitrogen and oxygen atoms in total. The van der Waals surface area contributed by atoms with Crippen molar-refractivity contribution in [2.75, 3.05) is 18.1 Å². The molecule has 0 fully saturated rings. The van der Waals surface area contributed by atoms with Crippen molar-refractivity contribution in [1.29, 1.82) is 0 Å². The number of aliphatic hydroxyl groups excluding tert-OH is 1. The lowest BCUT2D eigenvalue weighted by atomic mass is 10.2. The number of fused-ring (bicyclic) bond motifs is 2. The number of para-hydroxylation sites is 1. The van der Waals surface area contributed by atoms with E-state index in [0.717, 1.165) is 21.2 Å². The van der Waals surface area contributed by atoms with Gasteiger partial charge in [0.15, 0.2) is 0 Å². The van der Waals surface area contributed by atoms with Crippen LogP contribution in [0.2, 0.25) is 0 Å². The fourth-order valence-electron chi connectivity index (χ4n) is 2.48. The maximum atomic E-state index is 12.6. The van der Waals surface area contributed by atoms with E-state index in [9.17, 15) is 13.2 Å². The minimum atomic E-state index is -4.30. The normalized spacial score (nSPS) is 13.7. The Labute approximate surface area is 140 Å².